The molecule has 10 heteroatoms. The normalized spacial score (nSPS) is 12.8. The van der Waals surface area contributed by atoms with Crippen molar-refractivity contribution in [2.45, 2.75) is 57.6 Å². The van der Waals surface area contributed by atoms with Crippen molar-refractivity contribution in [3.05, 3.63) is 88.9 Å². The van der Waals surface area contributed by atoms with Crippen molar-refractivity contribution >= 4 is 39.1 Å². The predicted octanol–water partition coefficient (Wildman–Crippen LogP) is 5.18. The van der Waals surface area contributed by atoms with Gasteiger partial charge in [-0.2, -0.15) is 0 Å². The van der Waals surface area contributed by atoms with Gasteiger partial charge in [0.2, 0.25) is 11.8 Å². The van der Waals surface area contributed by atoms with Gasteiger partial charge in [-0.15, -0.1) is 0 Å². The van der Waals surface area contributed by atoms with E-state index in [2.05, 4.69) is 5.32 Å². The number of para-hydroxylation sites is 1. The van der Waals surface area contributed by atoms with E-state index in [-0.39, 0.29) is 23.4 Å². The Morgan fingerprint density at radius 3 is 2.17 bits per heavy atom. The highest BCUT2D eigenvalue weighted by Crippen LogP contribution is 2.28. The Balaban J connectivity index is 2.03. The number of halogens is 1. The Kier molecular flexibility index (Phi) is 10.6. The molecule has 0 saturated heterocycles. The van der Waals surface area contributed by atoms with Crippen molar-refractivity contribution in [3.8, 4) is 5.75 Å². The van der Waals surface area contributed by atoms with E-state index < -0.39 is 28.5 Å². The minimum atomic E-state index is -4.16. The molecule has 2 amide bonds. The number of carbonyl (C=O) groups is 2. The Bertz CT molecular complexity index is 1410. The molecule has 3 rings (SSSR count). The molecule has 2 atom stereocenters. The van der Waals surface area contributed by atoms with Crippen LogP contribution in [-0.2, 0) is 26.2 Å². The van der Waals surface area contributed by atoms with Crippen LogP contribution in [-0.4, -0.2) is 50.9 Å². The fourth-order valence-electron chi connectivity index (χ4n) is 4.07. The zero-order valence-electron chi connectivity index (χ0n) is 23.4. The number of hydrogen-bond donors (Lipinski definition) is 1. The number of carbonyl (C=O) groups excluding carboxylic acids is 2. The Labute approximate surface area is 241 Å². The number of rotatable bonds is 12. The number of sulfonamides is 1. The number of methoxy groups -OCH3 is 1. The molecule has 3 aromatic carbocycles. The van der Waals surface area contributed by atoms with Gasteiger partial charge >= 0.3 is 0 Å². The Morgan fingerprint density at radius 1 is 0.975 bits per heavy atom. The summed E-state index contributed by atoms with van der Waals surface area (Å²) in [6.45, 7) is 6.86. The lowest BCUT2D eigenvalue weighted by atomic mass is 10.1. The molecule has 0 fully saturated rings. The number of benzene rings is 3. The van der Waals surface area contributed by atoms with Crippen LogP contribution in [0.3, 0.4) is 0 Å². The minimum absolute atomic E-state index is 0.00257. The Hall–Kier alpha value is -3.56. The maximum atomic E-state index is 14.0. The number of aryl methyl sites for hydroxylation is 1. The molecule has 1 N–H and O–H groups in total. The number of amides is 2. The van der Waals surface area contributed by atoms with E-state index in [9.17, 15) is 18.0 Å². The van der Waals surface area contributed by atoms with Gasteiger partial charge in [-0.05, 0) is 80.8 Å². The first-order valence-corrected chi connectivity index (χ1v) is 14.9. The van der Waals surface area contributed by atoms with Gasteiger partial charge in [0.25, 0.3) is 10.0 Å². The van der Waals surface area contributed by atoms with E-state index in [1.165, 1.54) is 29.2 Å². The average Bonchev–Trinajstić information content (AvgIpc) is 2.95. The van der Waals surface area contributed by atoms with E-state index >= 15 is 0 Å². The summed E-state index contributed by atoms with van der Waals surface area (Å²) >= 11 is 6.00. The SMILES string of the molecule is CC[C@H](C)NC(=O)[C@@H](C)N(Cc1ccc(OC)cc1)C(=O)CN(c1ccccc1C)S(=O)(=O)c1ccc(Cl)cc1. The molecule has 0 spiro atoms. The molecule has 0 aromatic heterocycles. The van der Waals surface area contributed by atoms with Gasteiger partial charge in [0.05, 0.1) is 17.7 Å². The topological polar surface area (TPSA) is 96.0 Å². The number of hydrogen-bond acceptors (Lipinski definition) is 5. The number of nitrogens with one attached hydrogen (secondary N) is 1. The average molecular weight is 586 g/mol. The molecular weight excluding hydrogens is 550 g/mol. The lowest BCUT2D eigenvalue weighted by Gasteiger charge is -2.33. The van der Waals surface area contributed by atoms with Crippen LogP contribution in [0.2, 0.25) is 5.02 Å². The second kappa shape index (κ2) is 13.7. The highest BCUT2D eigenvalue weighted by molar-refractivity contribution is 7.92. The molecule has 40 heavy (non-hydrogen) atoms. The van der Waals surface area contributed by atoms with Gasteiger partial charge in [-0.1, -0.05) is 48.9 Å². The maximum absolute atomic E-state index is 14.0. The summed E-state index contributed by atoms with van der Waals surface area (Å²) in [6, 6.07) is 19.0. The van der Waals surface area contributed by atoms with E-state index in [0.29, 0.717) is 22.0 Å². The molecule has 214 valence electrons. The summed E-state index contributed by atoms with van der Waals surface area (Å²) in [7, 11) is -2.60. The van der Waals surface area contributed by atoms with E-state index in [1.54, 1.807) is 57.4 Å². The monoisotopic (exact) mass is 585 g/mol. The molecule has 0 aliphatic rings. The van der Waals surface area contributed by atoms with Crippen molar-refractivity contribution in [2.75, 3.05) is 18.0 Å². The number of ether oxygens (including phenoxy) is 1. The van der Waals surface area contributed by atoms with Crippen molar-refractivity contribution in [3.63, 3.8) is 0 Å². The molecule has 0 saturated carbocycles. The highest BCUT2D eigenvalue weighted by Gasteiger charge is 2.33. The molecule has 3 aromatic rings. The first-order chi connectivity index (χ1) is 19.0. The second-order valence-corrected chi connectivity index (χ2v) is 11.9. The number of anilines is 1. The molecule has 0 radical (unpaired) electrons. The molecule has 0 aliphatic carbocycles. The van der Waals surface area contributed by atoms with Crippen LogP contribution in [0.25, 0.3) is 0 Å². The van der Waals surface area contributed by atoms with Gasteiger partial charge in [0, 0.05) is 17.6 Å². The summed E-state index contributed by atoms with van der Waals surface area (Å²) in [5.74, 6) is -0.188. The quantitative estimate of drug-likeness (QED) is 0.316. The fraction of sp³-hybridized carbons (Fsp3) is 0.333. The van der Waals surface area contributed by atoms with Crippen LogP contribution in [0.15, 0.2) is 77.7 Å². The van der Waals surface area contributed by atoms with E-state index in [4.69, 9.17) is 16.3 Å². The minimum Gasteiger partial charge on any atom is -0.497 e. The van der Waals surface area contributed by atoms with Crippen LogP contribution in [0.1, 0.15) is 38.3 Å². The highest BCUT2D eigenvalue weighted by atomic mass is 35.5. The summed E-state index contributed by atoms with van der Waals surface area (Å²) in [5.41, 5.74) is 1.81. The second-order valence-electron chi connectivity index (χ2n) is 9.62. The zero-order chi connectivity index (χ0) is 29.4. The summed E-state index contributed by atoms with van der Waals surface area (Å²) in [4.78, 5) is 28.5. The number of nitrogens with zero attached hydrogens (tertiary/aromatic N) is 2. The van der Waals surface area contributed by atoms with Crippen molar-refractivity contribution in [1.29, 1.82) is 0 Å². The largest absolute Gasteiger partial charge is 0.497 e. The molecular formula is C30H36ClN3O5S. The van der Waals surface area contributed by atoms with Gasteiger partial charge in [0.15, 0.2) is 0 Å². The van der Waals surface area contributed by atoms with Gasteiger partial charge in [0.1, 0.15) is 18.3 Å². The first kappa shape index (κ1) is 31.0. The third kappa shape index (κ3) is 7.55. The van der Waals surface area contributed by atoms with Crippen molar-refractivity contribution < 1.29 is 22.7 Å². The first-order valence-electron chi connectivity index (χ1n) is 13.0. The van der Waals surface area contributed by atoms with Crippen LogP contribution < -0.4 is 14.4 Å². The summed E-state index contributed by atoms with van der Waals surface area (Å²) in [6.07, 6.45) is 0.727. The van der Waals surface area contributed by atoms with E-state index in [1.807, 2.05) is 26.0 Å². The molecule has 0 bridgehead atoms. The van der Waals surface area contributed by atoms with Gasteiger partial charge < -0.3 is 15.0 Å². The van der Waals surface area contributed by atoms with Crippen LogP contribution in [0.4, 0.5) is 5.69 Å². The summed E-state index contributed by atoms with van der Waals surface area (Å²) in [5, 5.41) is 3.32. The standard InChI is InChI=1S/C30H36ClN3O5S/c1-6-22(3)32-30(36)23(4)33(19-24-11-15-26(39-5)16-12-24)29(35)20-34(28-10-8-7-9-21(28)2)40(37,38)27-17-13-25(31)14-18-27/h7-18,22-23H,6,19-20H2,1-5H3,(H,32,36)/t22-,23+/m0/s1. The molecule has 8 nitrogen and oxygen atoms in total. The van der Waals surface area contributed by atoms with E-state index in [0.717, 1.165) is 16.3 Å². The van der Waals surface area contributed by atoms with Crippen molar-refractivity contribution in [1.82, 2.24) is 10.2 Å². The lowest BCUT2D eigenvalue weighted by molar-refractivity contribution is -0.139. The van der Waals surface area contributed by atoms with Crippen molar-refractivity contribution in [2.24, 2.45) is 0 Å². The summed E-state index contributed by atoms with van der Waals surface area (Å²) < 4.78 is 34.1. The molecule has 0 unspecified atom stereocenters. The third-order valence-corrected chi connectivity index (χ3v) is 8.77. The van der Waals surface area contributed by atoms with Crippen LogP contribution in [0, 0.1) is 6.92 Å². The van der Waals surface area contributed by atoms with Gasteiger partial charge in [-0.25, -0.2) is 8.42 Å². The molecule has 0 aliphatic heterocycles. The molecule has 0 heterocycles. The maximum Gasteiger partial charge on any atom is 0.264 e. The third-order valence-electron chi connectivity index (χ3n) is 6.74. The van der Waals surface area contributed by atoms with Crippen LogP contribution in [0.5, 0.6) is 5.75 Å². The van der Waals surface area contributed by atoms with Gasteiger partial charge in [-0.3, -0.25) is 13.9 Å². The smallest absolute Gasteiger partial charge is 0.264 e. The lowest BCUT2D eigenvalue weighted by Crippen LogP contribution is -2.52. The fourth-order valence-corrected chi connectivity index (χ4v) is 5.67. The van der Waals surface area contributed by atoms with Crippen LogP contribution >= 0.6 is 11.6 Å². The Morgan fingerprint density at radius 2 is 1.60 bits per heavy atom. The zero-order valence-corrected chi connectivity index (χ0v) is 25.0. The predicted molar refractivity (Wildman–Crippen MR) is 158 cm³/mol.